The first kappa shape index (κ1) is 9.47. The third kappa shape index (κ3) is 1.75. The lowest BCUT2D eigenvalue weighted by Gasteiger charge is -2.24. The average Bonchev–Trinajstić information content (AvgIpc) is 1.82. The summed E-state index contributed by atoms with van der Waals surface area (Å²) < 4.78 is 0.830. The summed E-state index contributed by atoms with van der Waals surface area (Å²) in [5.74, 6) is -2.12. The van der Waals surface area contributed by atoms with Crippen LogP contribution < -0.4 is 5.73 Å². The number of carbonyl (C=O) groups excluding carboxylic acids is 1. The smallest absolute Gasteiger partial charge is 0.343 e. The van der Waals surface area contributed by atoms with Crippen LogP contribution in [0.5, 0.6) is 0 Å². The van der Waals surface area contributed by atoms with Crippen molar-refractivity contribution >= 4 is 35.4 Å². The second-order valence-corrected chi connectivity index (χ2v) is 5.39. The molecule has 0 atom stereocenters. The van der Waals surface area contributed by atoms with Crippen LogP contribution in [0, 0.1) is 0 Å². The normalized spacial score (nSPS) is 21.4. The maximum Gasteiger partial charge on any atom is 0.343 e. The third-order valence-corrected chi connectivity index (χ3v) is 3.87. The van der Waals surface area contributed by atoms with Crippen LogP contribution in [-0.2, 0) is 9.59 Å². The molecule has 1 fully saturated rings. The maximum absolute atomic E-state index is 10.6. The highest BCUT2D eigenvalue weighted by Crippen LogP contribution is 2.51. The van der Waals surface area contributed by atoms with Crippen LogP contribution in [0.15, 0.2) is 9.81 Å². The second kappa shape index (κ2) is 3.40. The van der Waals surface area contributed by atoms with E-state index in [0.29, 0.717) is 8.82 Å². The molecule has 0 unspecified atom stereocenters. The summed E-state index contributed by atoms with van der Waals surface area (Å²) in [5.41, 5.74) is 4.60. The summed E-state index contributed by atoms with van der Waals surface area (Å²) in [6, 6.07) is 0. The molecule has 0 saturated carbocycles. The molecule has 0 aliphatic carbocycles. The van der Waals surface area contributed by atoms with Crippen molar-refractivity contribution in [2.24, 2.45) is 5.73 Å². The lowest BCUT2D eigenvalue weighted by molar-refractivity contribution is -0.134. The van der Waals surface area contributed by atoms with Gasteiger partial charge in [0.25, 0.3) is 5.91 Å². The number of amides is 1. The first-order chi connectivity index (χ1) is 5.52. The fourth-order valence-electron chi connectivity index (χ4n) is 0.721. The number of primary amides is 1. The number of rotatable bonds is 2. The summed E-state index contributed by atoms with van der Waals surface area (Å²) >= 11 is 2.71. The molecule has 1 rings (SSSR count). The lowest BCUT2D eigenvalue weighted by atomic mass is 10.3. The monoisotopic (exact) mass is 205 g/mol. The van der Waals surface area contributed by atoms with E-state index in [-0.39, 0.29) is 5.57 Å². The van der Waals surface area contributed by atoms with E-state index in [0.717, 1.165) is 0 Å². The number of carboxylic acids is 1. The van der Waals surface area contributed by atoms with Crippen molar-refractivity contribution in [2.75, 3.05) is 0 Å². The van der Waals surface area contributed by atoms with Crippen molar-refractivity contribution in [3.05, 3.63) is 9.81 Å². The van der Waals surface area contributed by atoms with Gasteiger partial charge in [-0.1, -0.05) is 0 Å². The molecular formula is C6H7NO3S2. The molecule has 0 aromatic rings. The molecule has 1 aliphatic rings. The van der Waals surface area contributed by atoms with Crippen molar-refractivity contribution in [2.45, 2.75) is 11.5 Å². The molecule has 0 spiro atoms. The first-order valence-corrected chi connectivity index (χ1v) is 4.89. The Labute approximate surface area is 77.6 Å². The Bertz CT molecular complexity index is 250. The van der Waals surface area contributed by atoms with Crippen molar-refractivity contribution < 1.29 is 14.7 Å². The van der Waals surface area contributed by atoms with Crippen LogP contribution in [0.4, 0.5) is 0 Å². The molecule has 1 heterocycles. The highest BCUT2D eigenvalue weighted by atomic mass is 32.3. The van der Waals surface area contributed by atoms with E-state index in [4.69, 9.17) is 10.8 Å². The number of nitrogens with two attached hydrogens (primary N) is 1. The fourth-order valence-corrected chi connectivity index (χ4v) is 3.11. The van der Waals surface area contributed by atoms with Crippen molar-refractivity contribution in [1.82, 2.24) is 0 Å². The summed E-state index contributed by atoms with van der Waals surface area (Å²) in [6.45, 7) is 1.93. The van der Waals surface area contributed by atoms with Gasteiger partial charge in [-0.05, 0) is 6.92 Å². The van der Waals surface area contributed by atoms with Gasteiger partial charge in [0.15, 0.2) is 0 Å². The molecule has 1 saturated heterocycles. The van der Waals surface area contributed by atoms with E-state index < -0.39 is 11.9 Å². The summed E-state index contributed by atoms with van der Waals surface area (Å²) in [6.07, 6.45) is 0. The molecular weight excluding hydrogens is 198 g/mol. The molecule has 3 N–H and O–H groups in total. The number of aliphatic carboxylic acids is 1. The quantitative estimate of drug-likeness (QED) is 0.392. The van der Waals surface area contributed by atoms with Gasteiger partial charge in [0.05, 0.1) is 8.82 Å². The van der Waals surface area contributed by atoms with Gasteiger partial charge >= 0.3 is 5.97 Å². The zero-order valence-corrected chi connectivity index (χ0v) is 7.87. The maximum atomic E-state index is 10.6. The fraction of sp³-hybridized carbons (Fsp3) is 0.333. The van der Waals surface area contributed by atoms with Crippen molar-refractivity contribution in [3.63, 3.8) is 0 Å². The minimum Gasteiger partial charge on any atom is -0.477 e. The molecule has 66 valence electrons. The Hall–Kier alpha value is -0.620. The SMILES string of the molecule is CC1SC(=C(C(N)=O)C(=O)O)S1. The molecule has 1 amide bonds. The number of hydrogen-bond donors (Lipinski definition) is 2. The largest absolute Gasteiger partial charge is 0.477 e. The standard InChI is InChI=1S/C6H7NO3S2/c1-2-11-6(12-2)3(4(7)8)5(9)10/h2H,1H3,(H2,7,8)(H,9,10). The number of carbonyl (C=O) groups is 2. The number of thioether (sulfide) groups is 2. The van der Waals surface area contributed by atoms with Crippen LogP contribution in [-0.4, -0.2) is 21.6 Å². The zero-order chi connectivity index (χ0) is 9.30. The minimum absolute atomic E-state index is 0.289. The van der Waals surface area contributed by atoms with Crippen molar-refractivity contribution in [1.29, 1.82) is 0 Å². The first-order valence-electron chi connectivity index (χ1n) is 3.13. The predicted octanol–water partition coefficient (Wildman–Crippen LogP) is 0.594. The lowest BCUT2D eigenvalue weighted by Crippen LogP contribution is -2.23. The molecule has 0 aromatic carbocycles. The Morgan fingerprint density at radius 1 is 1.50 bits per heavy atom. The molecule has 12 heavy (non-hydrogen) atoms. The van der Waals surface area contributed by atoms with Gasteiger partial charge in [-0.3, -0.25) is 4.79 Å². The van der Waals surface area contributed by atoms with Crippen LogP contribution in [0.3, 0.4) is 0 Å². The van der Waals surface area contributed by atoms with Gasteiger partial charge in [-0.15, -0.1) is 23.5 Å². The van der Waals surface area contributed by atoms with Gasteiger partial charge in [-0.25, -0.2) is 4.79 Å². The molecule has 6 heteroatoms. The van der Waals surface area contributed by atoms with Crippen LogP contribution in [0.25, 0.3) is 0 Å². The molecule has 0 aromatic heterocycles. The zero-order valence-electron chi connectivity index (χ0n) is 6.23. The summed E-state index contributed by atoms with van der Waals surface area (Å²) in [5, 5.41) is 8.58. The van der Waals surface area contributed by atoms with E-state index >= 15 is 0 Å². The third-order valence-electron chi connectivity index (χ3n) is 1.21. The number of hydrogen-bond acceptors (Lipinski definition) is 4. The van der Waals surface area contributed by atoms with E-state index in [2.05, 4.69) is 0 Å². The van der Waals surface area contributed by atoms with Crippen LogP contribution in [0.1, 0.15) is 6.92 Å². The van der Waals surface area contributed by atoms with Gasteiger partial charge in [0.1, 0.15) is 5.57 Å². The Balaban J connectivity index is 2.87. The highest BCUT2D eigenvalue weighted by molar-refractivity contribution is 8.38. The van der Waals surface area contributed by atoms with Gasteiger partial charge in [-0.2, -0.15) is 0 Å². The van der Waals surface area contributed by atoms with E-state index in [1.165, 1.54) is 23.5 Å². The van der Waals surface area contributed by atoms with E-state index in [1.807, 2.05) is 6.92 Å². The van der Waals surface area contributed by atoms with Gasteiger partial charge in [0.2, 0.25) is 0 Å². The number of carboxylic acid groups (broad SMARTS) is 1. The summed E-state index contributed by atoms with van der Waals surface area (Å²) in [4.78, 5) is 21.1. The summed E-state index contributed by atoms with van der Waals surface area (Å²) in [7, 11) is 0. The predicted molar refractivity (Wildman–Crippen MR) is 48.5 cm³/mol. The second-order valence-electron chi connectivity index (χ2n) is 2.14. The van der Waals surface area contributed by atoms with E-state index in [1.54, 1.807) is 0 Å². The van der Waals surface area contributed by atoms with Gasteiger partial charge < -0.3 is 10.8 Å². The highest BCUT2D eigenvalue weighted by Gasteiger charge is 2.30. The van der Waals surface area contributed by atoms with Crippen LogP contribution in [0.2, 0.25) is 0 Å². The topological polar surface area (TPSA) is 80.4 Å². The average molecular weight is 205 g/mol. The van der Waals surface area contributed by atoms with Crippen LogP contribution >= 0.6 is 23.5 Å². The van der Waals surface area contributed by atoms with Gasteiger partial charge in [0, 0.05) is 0 Å². The Morgan fingerprint density at radius 2 is 2.00 bits per heavy atom. The molecule has 4 nitrogen and oxygen atoms in total. The molecule has 0 bridgehead atoms. The Morgan fingerprint density at radius 3 is 2.25 bits per heavy atom. The van der Waals surface area contributed by atoms with Crippen molar-refractivity contribution in [3.8, 4) is 0 Å². The molecule has 1 aliphatic heterocycles. The van der Waals surface area contributed by atoms with E-state index in [9.17, 15) is 9.59 Å². The molecule has 0 radical (unpaired) electrons. The Kier molecular flexibility index (Phi) is 2.69. The minimum atomic E-state index is -1.25.